The Balaban J connectivity index is 1.92. The van der Waals surface area contributed by atoms with Gasteiger partial charge in [-0.05, 0) is 12.8 Å². The second-order valence-corrected chi connectivity index (χ2v) is 3.30. The summed E-state index contributed by atoms with van der Waals surface area (Å²) in [6.45, 7) is 0. The van der Waals surface area contributed by atoms with E-state index in [0.717, 1.165) is 12.8 Å². The van der Waals surface area contributed by atoms with E-state index in [9.17, 15) is 0 Å². The van der Waals surface area contributed by atoms with Gasteiger partial charge in [0.2, 0.25) is 0 Å². The van der Waals surface area contributed by atoms with Gasteiger partial charge in [-0.3, -0.25) is 0 Å². The minimum atomic E-state index is -0.122. The van der Waals surface area contributed by atoms with Crippen LogP contribution in [0.15, 0.2) is 0 Å². The van der Waals surface area contributed by atoms with E-state index < -0.39 is 0 Å². The van der Waals surface area contributed by atoms with Gasteiger partial charge >= 0.3 is 7.12 Å². The van der Waals surface area contributed by atoms with Gasteiger partial charge in [0.15, 0.2) is 0 Å². The topological polar surface area (TPSA) is 44.5 Å². The lowest BCUT2D eigenvalue weighted by Gasteiger charge is -2.22. The molecule has 1 aliphatic heterocycles. The van der Waals surface area contributed by atoms with Gasteiger partial charge < -0.3 is 15.0 Å². The maximum absolute atomic E-state index is 5.57. The highest BCUT2D eigenvalue weighted by atomic mass is 16.7. The van der Waals surface area contributed by atoms with Crippen molar-refractivity contribution in [2.45, 2.75) is 37.9 Å². The van der Waals surface area contributed by atoms with E-state index in [2.05, 4.69) is 0 Å². The van der Waals surface area contributed by atoms with Crippen molar-refractivity contribution in [1.29, 1.82) is 0 Å². The van der Waals surface area contributed by atoms with E-state index in [0.29, 0.717) is 18.7 Å². The predicted molar refractivity (Wildman–Crippen MR) is 43.0 cm³/mol. The standard InChI is InChI=1S/C7H14BNO2/c9-5-8-10-6-3-1-2-4-7(6)11-8/h6-7H,1-5,9H2. The molecule has 2 N–H and O–H groups in total. The Hall–Kier alpha value is -0.0551. The van der Waals surface area contributed by atoms with Crippen LogP contribution in [0.5, 0.6) is 0 Å². The highest BCUT2D eigenvalue weighted by Crippen LogP contribution is 2.29. The predicted octanol–water partition coefficient (Wildman–Crippen LogP) is 0.330. The van der Waals surface area contributed by atoms with Crippen molar-refractivity contribution in [2.24, 2.45) is 5.73 Å². The summed E-state index contributed by atoms with van der Waals surface area (Å²) >= 11 is 0. The molecule has 2 atom stereocenters. The van der Waals surface area contributed by atoms with Crippen molar-refractivity contribution in [3.63, 3.8) is 0 Å². The lowest BCUT2D eigenvalue weighted by molar-refractivity contribution is 0.110. The SMILES string of the molecule is NCB1OC2CCCCC2O1. The second-order valence-electron chi connectivity index (χ2n) is 3.30. The zero-order valence-corrected chi connectivity index (χ0v) is 6.66. The van der Waals surface area contributed by atoms with Crippen LogP contribution in [0, 0.1) is 0 Å². The molecule has 0 aromatic carbocycles. The summed E-state index contributed by atoms with van der Waals surface area (Å²) in [6.07, 6.45) is 6.05. The van der Waals surface area contributed by atoms with Gasteiger partial charge in [0.1, 0.15) is 0 Å². The van der Waals surface area contributed by atoms with E-state index in [1.165, 1.54) is 12.8 Å². The second kappa shape index (κ2) is 3.13. The average Bonchev–Trinajstić information content (AvgIpc) is 2.46. The maximum atomic E-state index is 5.57. The van der Waals surface area contributed by atoms with Crippen LogP contribution < -0.4 is 5.73 Å². The molecule has 2 unspecified atom stereocenters. The van der Waals surface area contributed by atoms with Crippen LogP contribution in [0.4, 0.5) is 0 Å². The molecule has 3 nitrogen and oxygen atoms in total. The number of nitrogens with two attached hydrogens (primary N) is 1. The minimum absolute atomic E-state index is 0.122. The molecule has 62 valence electrons. The molecule has 2 rings (SSSR count). The maximum Gasteiger partial charge on any atom is 0.471 e. The molecule has 0 aromatic rings. The van der Waals surface area contributed by atoms with E-state index in [1.54, 1.807) is 0 Å². The van der Waals surface area contributed by atoms with Crippen LogP contribution >= 0.6 is 0 Å². The molecule has 1 aliphatic carbocycles. The monoisotopic (exact) mass is 155 g/mol. The Kier molecular flexibility index (Phi) is 2.16. The number of hydrogen-bond acceptors (Lipinski definition) is 3. The smallest absolute Gasteiger partial charge is 0.405 e. The van der Waals surface area contributed by atoms with Crippen LogP contribution in [-0.2, 0) is 9.31 Å². The average molecular weight is 155 g/mol. The number of hydrogen-bond donors (Lipinski definition) is 1. The highest BCUT2D eigenvalue weighted by Gasteiger charge is 2.39. The molecule has 0 bridgehead atoms. The van der Waals surface area contributed by atoms with Crippen LogP contribution in [0.25, 0.3) is 0 Å². The molecule has 2 aliphatic rings. The molecule has 0 aromatic heterocycles. The summed E-state index contributed by atoms with van der Waals surface area (Å²) in [5, 5.41) is 0. The molecular weight excluding hydrogens is 141 g/mol. The lowest BCUT2D eigenvalue weighted by Crippen LogP contribution is -2.27. The molecule has 4 heteroatoms. The summed E-state index contributed by atoms with van der Waals surface area (Å²) in [5.41, 5.74) is 5.44. The number of fused-ring (bicyclic) bond motifs is 1. The molecule has 0 amide bonds. The zero-order chi connectivity index (χ0) is 7.68. The van der Waals surface area contributed by atoms with Gasteiger partial charge in [-0.25, -0.2) is 0 Å². The van der Waals surface area contributed by atoms with Crippen LogP contribution in [0.1, 0.15) is 25.7 Å². The van der Waals surface area contributed by atoms with Crippen molar-refractivity contribution in [2.75, 3.05) is 6.44 Å². The third-order valence-corrected chi connectivity index (χ3v) is 2.49. The fourth-order valence-electron chi connectivity index (χ4n) is 1.91. The Labute approximate surface area is 67.4 Å². The van der Waals surface area contributed by atoms with Crippen LogP contribution in [-0.4, -0.2) is 25.8 Å². The first kappa shape index (κ1) is 7.59. The zero-order valence-electron chi connectivity index (χ0n) is 6.66. The molecule has 1 saturated heterocycles. The minimum Gasteiger partial charge on any atom is -0.405 e. The molecule has 0 radical (unpaired) electrons. The van der Waals surface area contributed by atoms with E-state index in [4.69, 9.17) is 15.0 Å². The first-order valence-electron chi connectivity index (χ1n) is 4.41. The van der Waals surface area contributed by atoms with Crippen molar-refractivity contribution in [3.05, 3.63) is 0 Å². The molecule has 1 heterocycles. The Morgan fingerprint density at radius 2 is 1.73 bits per heavy atom. The Bertz CT molecular complexity index is 130. The van der Waals surface area contributed by atoms with Gasteiger partial charge in [0, 0.05) is 6.44 Å². The van der Waals surface area contributed by atoms with E-state index >= 15 is 0 Å². The molecule has 11 heavy (non-hydrogen) atoms. The van der Waals surface area contributed by atoms with Gasteiger partial charge in [0.05, 0.1) is 12.2 Å². The Morgan fingerprint density at radius 1 is 1.18 bits per heavy atom. The normalized spacial score (nSPS) is 37.4. The lowest BCUT2D eigenvalue weighted by atomic mass is 9.92. The van der Waals surface area contributed by atoms with E-state index in [-0.39, 0.29) is 7.12 Å². The van der Waals surface area contributed by atoms with E-state index in [1.807, 2.05) is 0 Å². The quantitative estimate of drug-likeness (QED) is 0.555. The summed E-state index contributed by atoms with van der Waals surface area (Å²) in [7, 11) is -0.122. The first-order chi connectivity index (χ1) is 5.40. The van der Waals surface area contributed by atoms with Crippen molar-refractivity contribution >= 4 is 7.12 Å². The van der Waals surface area contributed by atoms with Crippen molar-refractivity contribution < 1.29 is 9.31 Å². The molecule has 0 spiro atoms. The summed E-state index contributed by atoms with van der Waals surface area (Å²) < 4.78 is 11.1. The summed E-state index contributed by atoms with van der Waals surface area (Å²) in [4.78, 5) is 0. The Morgan fingerprint density at radius 3 is 2.18 bits per heavy atom. The highest BCUT2D eigenvalue weighted by molar-refractivity contribution is 6.45. The molecule has 2 fully saturated rings. The van der Waals surface area contributed by atoms with Gasteiger partial charge in [-0.1, -0.05) is 12.8 Å². The third kappa shape index (κ3) is 1.43. The van der Waals surface area contributed by atoms with Crippen LogP contribution in [0.2, 0.25) is 0 Å². The molecule has 1 saturated carbocycles. The fraction of sp³-hybridized carbons (Fsp3) is 1.00. The van der Waals surface area contributed by atoms with Crippen LogP contribution in [0.3, 0.4) is 0 Å². The number of rotatable bonds is 1. The van der Waals surface area contributed by atoms with Gasteiger partial charge in [-0.15, -0.1) is 0 Å². The van der Waals surface area contributed by atoms with Crippen molar-refractivity contribution in [1.82, 2.24) is 0 Å². The third-order valence-electron chi connectivity index (χ3n) is 2.49. The van der Waals surface area contributed by atoms with Gasteiger partial charge in [0.25, 0.3) is 0 Å². The van der Waals surface area contributed by atoms with Crippen molar-refractivity contribution in [3.8, 4) is 0 Å². The largest absolute Gasteiger partial charge is 0.471 e. The van der Waals surface area contributed by atoms with Gasteiger partial charge in [-0.2, -0.15) is 0 Å². The molecular formula is C7H14BNO2. The first-order valence-corrected chi connectivity index (χ1v) is 4.41. The summed E-state index contributed by atoms with van der Waals surface area (Å²) in [6, 6.07) is 0. The summed E-state index contributed by atoms with van der Waals surface area (Å²) in [5.74, 6) is 0. The fourth-order valence-corrected chi connectivity index (χ4v) is 1.91.